The summed E-state index contributed by atoms with van der Waals surface area (Å²) in [4.78, 5) is 0. The lowest BCUT2D eigenvalue weighted by atomic mass is 10.2. The first-order valence-electron chi connectivity index (χ1n) is 5.51. The quantitative estimate of drug-likeness (QED) is 0.569. The van der Waals surface area contributed by atoms with E-state index >= 15 is 0 Å². The molecule has 1 rings (SSSR count). The van der Waals surface area contributed by atoms with Crippen LogP contribution in [-0.4, -0.2) is 19.5 Å². The van der Waals surface area contributed by atoms with Crippen molar-refractivity contribution in [3.05, 3.63) is 0 Å². The topological polar surface area (TPSA) is 18.5 Å². The number of rotatable bonds is 7. The van der Waals surface area contributed by atoms with Gasteiger partial charge in [-0.1, -0.05) is 13.3 Å². The van der Waals surface area contributed by atoms with Crippen LogP contribution in [-0.2, 0) is 9.47 Å². The van der Waals surface area contributed by atoms with Gasteiger partial charge in [0.15, 0.2) is 6.29 Å². The molecule has 1 aliphatic rings. The normalized spacial score (nSPS) is 28.8. The van der Waals surface area contributed by atoms with Crippen molar-refractivity contribution in [2.75, 3.05) is 13.2 Å². The number of hydrogen-bond acceptors (Lipinski definition) is 2. The molecule has 3 unspecified atom stereocenters. The monoisotopic (exact) mass is 186 g/mol. The van der Waals surface area contributed by atoms with E-state index in [0.29, 0.717) is 0 Å². The zero-order valence-electron chi connectivity index (χ0n) is 9.08. The van der Waals surface area contributed by atoms with Crippen LogP contribution in [0.1, 0.15) is 40.0 Å². The van der Waals surface area contributed by atoms with Crippen molar-refractivity contribution in [2.24, 2.45) is 11.8 Å². The van der Waals surface area contributed by atoms with Gasteiger partial charge in [-0.05, 0) is 38.5 Å². The molecular weight excluding hydrogens is 164 g/mol. The molecule has 0 radical (unpaired) electrons. The third-order valence-corrected chi connectivity index (χ3v) is 2.84. The molecule has 1 aliphatic carbocycles. The Morgan fingerprint density at radius 1 is 1.23 bits per heavy atom. The molecule has 2 nitrogen and oxygen atoms in total. The molecule has 0 aromatic rings. The van der Waals surface area contributed by atoms with Crippen LogP contribution < -0.4 is 0 Å². The van der Waals surface area contributed by atoms with Crippen molar-refractivity contribution in [3.63, 3.8) is 0 Å². The number of ether oxygens (including phenoxy) is 2. The van der Waals surface area contributed by atoms with Crippen LogP contribution in [0.5, 0.6) is 0 Å². The van der Waals surface area contributed by atoms with E-state index in [2.05, 4.69) is 6.92 Å². The second kappa shape index (κ2) is 5.61. The van der Waals surface area contributed by atoms with Gasteiger partial charge >= 0.3 is 0 Å². The third kappa shape index (κ3) is 4.10. The molecule has 0 bridgehead atoms. The SMILES string of the molecule is CCOC(C)OCCC1CC1CC. The lowest BCUT2D eigenvalue weighted by Gasteiger charge is -2.12. The molecule has 0 heterocycles. The van der Waals surface area contributed by atoms with E-state index in [1.807, 2.05) is 13.8 Å². The summed E-state index contributed by atoms with van der Waals surface area (Å²) in [7, 11) is 0. The van der Waals surface area contributed by atoms with Crippen LogP contribution in [0, 0.1) is 11.8 Å². The fourth-order valence-electron chi connectivity index (χ4n) is 1.83. The minimum atomic E-state index is -0.0242. The molecule has 0 amide bonds. The number of hydrogen-bond donors (Lipinski definition) is 0. The van der Waals surface area contributed by atoms with E-state index in [4.69, 9.17) is 9.47 Å². The summed E-state index contributed by atoms with van der Waals surface area (Å²) in [6.45, 7) is 7.83. The summed E-state index contributed by atoms with van der Waals surface area (Å²) in [5.41, 5.74) is 0. The van der Waals surface area contributed by atoms with E-state index in [1.54, 1.807) is 0 Å². The summed E-state index contributed by atoms with van der Waals surface area (Å²) in [5, 5.41) is 0. The van der Waals surface area contributed by atoms with Crippen LogP contribution >= 0.6 is 0 Å². The molecule has 1 saturated carbocycles. The standard InChI is InChI=1S/C11H22O2/c1-4-10-8-11(10)6-7-13-9(3)12-5-2/h9-11H,4-8H2,1-3H3. The molecule has 0 aliphatic heterocycles. The Bertz CT molecular complexity index is 134. The minimum Gasteiger partial charge on any atom is -0.353 e. The highest BCUT2D eigenvalue weighted by Crippen LogP contribution is 2.43. The molecule has 0 aromatic heterocycles. The maximum atomic E-state index is 5.50. The van der Waals surface area contributed by atoms with E-state index < -0.39 is 0 Å². The second-order valence-electron chi connectivity index (χ2n) is 3.85. The maximum Gasteiger partial charge on any atom is 0.154 e. The Hall–Kier alpha value is -0.0800. The Kier molecular flexibility index (Phi) is 4.74. The molecule has 78 valence electrons. The Labute approximate surface area is 81.6 Å². The molecular formula is C11H22O2. The smallest absolute Gasteiger partial charge is 0.154 e. The minimum absolute atomic E-state index is 0.0242. The third-order valence-electron chi connectivity index (χ3n) is 2.84. The van der Waals surface area contributed by atoms with E-state index in [-0.39, 0.29) is 6.29 Å². The molecule has 0 N–H and O–H groups in total. The first-order valence-corrected chi connectivity index (χ1v) is 5.51. The summed E-state index contributed by atoms with van der Waals surface area (Å²) in [5.74, 6) is 1.94. The molecule has 0 saturated heterocycles. The highest BCUT2D eigenvalue weighted by atomic mass is 16.7. The lowest BCUT2D eigenvalue weighted by Crippen LogP contribution is -2.13. The predicted molar refractivity (Wildman–Crippen MR) is 53.5 cm³/mol. The molecule has 1 fully saturated rings. The summed E-state index contributed by atoms with van der Waals surface area (Å²) in [6.07, 6.45) is 3.95. The average molecular weight is 186 g/mol. The van der Waals surface area contributed by atoms with Crippen LogP contribution in [0.2, 0.25) is 0 Å². The van der Waals surface area contributed by atoms with Gasteiger partial charge in [-0.15, -0.1) is 0 Å². The maximum absolute atomic E-state index is 5.50. The molecule has 0 spiro atoms. The Morgan fingerprint density at radius 2 is 2.00 bits per heavy atom. The zero-order chi connectivity index (χ0) is 9.68. The zero-order valence-corrected chi connectivity index (χ0v) is 9.08. The molecule has 13 heavy (non-hydrogen) atoms. The summed E-state index contributed by atoms with van der Waals surface area (Å²) < 4.78 is 10.8. The largest absolute Gasteiger partial charge is 0.353 e. The molecule has 3 atom stereocenters. The van der Waals surface area contributed by atoms with Gasteiger partial charge in [-0.3, -0.25) is 0 Å². The first-order chi connectivity index (χ1) is 6.27. The van der Waals surface area contributed by atoms with Crippen LogP contribution in [0.4, 0.5) is 0 Å². The van der Waals surface area contributed by atoms with Crippen LogP contribution in [0.15, 0.2) is 0 Å². The van der Waals surface area contributed by atoms with Crippen molar-refractivity contribution in [3.8, 4) is 0 Å². The predicted octanol–water partition coefficient (Wildman–Crippen LogP) is 2.82. The van der Waals surface area contributed by atoms with E-state index in [1.165, 1.54) is 19.3 Å². The van der Waals surface area contributed by atoms with Gasteiger partial charge in [-0.2, -0.15) is 0 Å². The summed E-state index contributed by atoms with van der Waals surface area (Å²) in [6, 6.07) is 0. The van der Waals surface area contributed by atoms with Crippen molar-refractivity contribution in [2.45, 2.75) is 46.3 Å². The van der Waals surface area contributed by atoms with Gasteiger partial charge in [0.1, 0.15) is 0 Å². The van der Waals surface area contributed by atoms with Crippen molar-refractivity contribution < 1.29 is 9.47 Å². The van der Waals surface area contributed by atoms with Gasteiger partial charge in [0, 0.05) is 13.2 Å². The second-order valence-corrected chi connectivity index (χ2v) is 3.85. The fraction of sp³-hybridized carbons (Fsp3) is 1.00. The highest BCUT2D eigenvalue weighted by molar-refractivity contribution is 4.84. The summed E-state index contributed by atoms with van der Waals surface area (Å²) >= 11 is 0. The lowest BCUT2D eigenvalue weighted by molar-refractivity contribution is -0.128. The molecule has 2 heteroatoms. The van der Waals surface area contributed by atoms with Gasteiger partial charge in [0.05, 0.1) is 0 Å². The fourth-order valence-corrected chi connectivity index (χ4v) is 1.83. The Morgan fingerprint density at radius 3 is 2.54 bits per heavy atom. The van der Waals surface area contributed by atoms with E-state index in [9.17, 15) is 0 Å². The average Bonchev–Trinajstić information content (AvgIpc) is 2.84. The highest BCUT2D eigenvalue weighted by Gasteiger charge is 2.34. The van der Waals surface area contributed by atoms with Crippen molar-refractivity contribution in [1.82, 2.24) is 0 Å². The van der Waals surface area contributed by atoms with Gasteiger partial charge in [0.2, 0.25) is 0 Å². The van der Waals surface area contributed by atoms with Crippen LogP contribution in [0.25, 0.3) is 0 Å². The van der Waals surface area contributed by atoms with Gasteiger partial charge < -0.3 is 9.47 Å². The van der Waals surface area contributed by atoms with Crippen molar-refractivity contribution in [1.29, 1.82) is 0 Å². The van der Waals surface area contributed by atoms with Gasteiger partial charge in [-0.25, -0.2) is 0 Å². The van der Waals surface area contributed by atoms with Crippen molar-refractivity contribution >= 4 is 0 Å². The van der Waals surface area contributed by atoms with E-state index in [0.717, 1.165) is 25.0 Å². The first kappa shape index (κ1) is 11.0. The van der Waals surface area contributed by atoms with Crippen LogP contribution in [0.3, 0.4) is 0 Å². The Balaban J connectivity index is 1.90. The van der Waals surface area contributed by atoms with Gasteiger partial charge in [0.25, 0.3) is 0 Å². The molecule has 0 aromatic carbocycles.